The molecule has 0 N–H and O–H groups in total. The zero-order valence-electron chi connectivity index (χ0n) is 8.92. The lowest BCUT2D eigenvalue weighted by atomic mass is 10.1. The van der Waals surface area contributed by atoms with Gasteiger partial charge in [0.05, 0.1) is 7.11 Å². The van der Waals surface area contributed by atoms with Gasteiger partial charge in [-0.25, -0.2) is 0 Å². The van der Waals surface area contributed by atoms with Crippen LogP contribution in [-0.2, 0) is 6.42 Å². The van der Waals surface area contributed by atoms with Crippen molar-refractivity contribution in [2.24, 2.45) is 0 Å². The van der Waals surface area contributed by atoms with Crippen molar-refractivity contribution in [3.63, 3.8) is 0 Å². The van der Waals surface area contributed by atoms with Gasteiger partial charge in [0.2, 0.25) is 0 Å². The van der Waals surface area contributed by atoms with Crippen LogP contribution in [0.15, 0.2) is 18.2 Å². The number of nitrogens with zero attached hydrogens (tertiary/aromatic N) is 1. The number of anilines is 1. The van der Waals surface area contributed by atoms with Crippen molar-refractivity contribution in [3.8, 4) is 5.75 Å². The second kappa shape index (κ2) is 3.91. The van der Waals surface area contributed by atoms with Gasteiger partial charge in [-0.2, -0.15) is 0 Å². The third-order valence-corrected chi connectivity index (χ3v) is 2.89. The molecule has 0 spiro atoms. The van der Waals surface area contributed by atoms with E-state index >= 15 is 0 Å². The third kappa shape index (κ3) is 1.69. The van der Waals surface area contributed by atoms with Gasteiger partial charge in [0.25, 0.3) is 0 Å². The Labute approximate surface area is 85.5 Å². The Balaban J connectivity index is 2.39. The molecular formula is C12H17NO. The number of aryl methyl sites for hydroxylation is 1. The van der Waals surface area contributed by atoms with E-state index in [1.54, 1.807) is 7.11 Å². The Hall–Kier alpha value is -1.18. The fourth-order valence-corrected chi connectivity index (χ4v) is 2.02. The highest BCUT2D eigenvalue weighted by Gasteiger charge is 2.12. The van der Waals surface area contributed by atoms with Gasteiger partial charge >= 0.3 is 0 Å². The summed E-state index contributed by atoms with van der Waals surface area (Å²) in [4.78, 5) is 2.32. The van der Waals surface area contributed by atoms with Crippen LogP contribution in [0, 0.1) is 0 Å². The summed E-state index contributed by atoms with van der Waals surface area (Å²) in [6.07, 6.45) is 3.78. The van der Waals surface area contributed by atoms with E-state index in [0.29, 0.717) is 0 Å². The van der Waals surface area contributed by atoms with E-state index in [1.165, 1.54) is 30.5 Å². The molecule has 0 bridgehead atoms. The quantitative estimate of drug-likeness (QED) is 0.676. The maximum Gasteiger partial charge on any atom is 0.120 e. The van der Waals surface area contributed by atoms with Crippen LogP contribution in [0.25, 0.3) is 0 Å². The van der Waals surface area contributed by atoms with E-state index in [2.05, 4.69) is 30.1 Å². The molecule has 1 heterocycles. The van der Waals surface area contributed by atoms with Gasteiger partial charge < -0.3 is 9.64 Å². The summed E-state index contributed by atoms with van der Waals surface area (Å²) in [6.45, 7) is 1.15. The normalized spacial score (nSPS) is 16.0. The van der Waals surface area contributed by atoms with Crippen molar-refractivity contribution in [2.45, 2.75) is 19.3 Å². The molecule has 2 rings (SSSR count). The van der Waals surface area contributed by atoms with Gasteiger partial charge in [0.1, 0.15) is 5.75 Å². The first-order valence-electron chi connectivity index (χ1n) is 5.19. The van der Waals surface area contributed by atoms with Gasteiger partial charge in [0, 0.05) is 25.3 Å². The molecule has 0 radical (unpaired) electrons. The minimum absolute atomic E-state index is 0.956. The number of hydrogen-bond donors (Lipinski definition) is 0. The highest BCUT2D eigenvalue weighted by atomic mass is 16.5. The summed E-state index contributed by atoms with van der Waals surface area (Å²) in [6, 6.07) is 6.38. The lowest BCUT2D eigenvalue weighted by Crippen LogP contribution is -2.17. The first-order chi connectivity index (χ1) is 6.81. The number of methoxy groups -OCH3 is 1. The van der Waals surface area contributed by atoms with Crippen molar-refractivity contribution >= 4 is 5.69 Å². The van der Waals surface area contributed by atoms with Crippen molar-refractivity contribution in [3.05, 3.63) is 23.8 Å². The number of hydrogen-bond acceptors (Lipinski definition) is 2. The molecule has 1 aliphatic heterocycles. The van der Waals surface area contributed by atoms with E-state index in [0.717, 1.165) is 12.3 Å². The van der Waals surface area contributed by atoms with Gasteiger partial charge in [0.15, 0.2) is 0 Å². The molecule has 0 aliphatic carbocycles. The summed E-state index contributed by atoms with van der Waals surface area (Å²) >= 11 is 0. The molecule has 0 aromatic heterocycles. The molecule has 2 nitrogen and oxygen atoms in total. The zero-order chi connectivity index (χ0) is 9.97. The molecule has 0 fully saturated rings. The smallest absolute Gasteiger partial charge is 0.120 e. The molecule has 1 aromatic carbocycles. The summed E-state index contributed by atoms with van der Waals surface area (Å²) in [5, 5.41) is 0. The summed E-state index contributed by atoms with van der Waals surface area (Å²) in [5.41, 5.74) is 2.78. The van der Waals surface area contributed by atoms with E-state index in [1.807, 2.05) is 0 Å². The van der Waals surface area contributed by atoms with Crippen LogP contribution >= 0.6 is 0 Å². The van der Waals surface area contributed by atoms with Gasteiger partial charge in [-0.1, -0.05) is 6.07 Å². The van der Waals surface area contributed by atoms with Gasteiger partial charge in [-0.3, -0.25) is 0 Å². The predicted molar refractivity (Wildman–Crippen MR) is 59.2 cm³/mol. The van der Waals surface area contributed by atoms with E-state index in [-0.39, 0.29) is 0 Å². The lowest BCUT2D eigenvalue weighted by molar-refractivity contribution is 0.414. The van der Waals surface area contributed by atoms with E-state index in [4.69, 9.17) is 4.74 Å². The largest absolute Gasteiger partial charge is 0.497 e. The van der Waals surface area contributed by atoms with Crippen LogP contribution in [0.1, 0.15) is 18.4 Å². The third-order valence-electron chi connectivity index (χ3n) is 2.89. The average molecular weight is 191 g/mol. The van der Waals surface area contributed by atoms with Crippen molar-refractivity contribution in [1.29, 1.82) is 0 Å². The fraction of sp³-hybridized carbons (Fsp3) is 0.500. The topological polar surface area (TPSA) is 12.5 Å². The number of ether oxygens (including phenoxy) is 1. The Morgan fingerprint density at radius 1 is 1.29 bits per heavy atom. The van der Waals surface area contributed by atoms with E-state index in [9.17, 15) is 0 Å². The SMILES string of the molecule is COc1ccc2c(c1)N(C)CCCC2. The molecule has 0 atom stereocenters. The Kier molecular flexibility index (Phi) is 2.62. The molecule has 76 valence electrons. The van der Waals surface area contributed by atoms with Crippen molar-refractivity contribution < 1.29 is 4.74 Å². The number of rotatable bonds is 1. The van der Waals surface area contributed by atoms with Gasteiger partial charge in [-0.15, -0.1) is 0 Å². The minimum Gasteiger partial charge on any atom is -0.497 e. The van der Waals surface area contributed by atoms with Crippen molar-refractivity contribution in [2.75, 3.05) is 25.6 Å². The van der Waals surface area contributed by atoms with Crippen LogP contribution in [0.5, 0.6) is 5.75 Å². The Morgan fingerprint density at radius 2 is 2.14 bits per heavy atom. The molecule has 1 aliphatic rings. The van der Waals surface area contributed by atoms with E-state index < -0.39 is 0 Å². The molecule has 1 aromatic rings. The van der Waals surface area contributed by atoms with Crippen molar-refractivity contribution in [1.82, 2.24) is 0 Å². The van der Waals surface area contributed by atoms with Crippen LogP contribution in [0.2, 0.25) is 0 Å². The second-order valence-corrected chi connectivity index (χ2v) is 3.87. The van der Waals surface area contributed by atoms with Crippen LogP contribution in [0.4, 0.5) is 5.69 Å². The minimum atomic E-state index is 0.956. The monoisotopic (exact) mass is 191 g/mol. The van der Waals surface area contributed by atoms with Gasteiger partial charge in [-0.05, 0) is 30.9 Å². The highest BCUT2D eigenvalue weighted by molar-refractivity contribution is 5.57. The molecule has 2 heteroatoms. The molecule has 0 saturated heterocycles. The summed E-state index contributed by atoms with van der Waals surface area (Å²) < 4.78 is 5.24. The lowest BCUT2D eigenvalue weighted by Gasteiger charge is -2.19. The molecule has 0 unspecified atom stereocenters. The first kappa shape index (κ1) is 9.38. The number of benzene rings is 1. The maximum absolute atomic E-state index is 5.24. The second-order valence-electron chi connectivity index (χ2n) is 3.87. The molecule has 14 heavy (non-hydrogen) atoms. The van der Waals surface area contributed by atoms with Crippen LogP contribution in [-0.4, -0.2) is 20.7 Å². The Bertz CT molecular complexity index is 322. The van der Waals surface area contributed by atoms with Crippen LogP contribution < -0.4 is 9.64 Å². The molecule has 0 amide bonds. The summed E-state index contributed by atoms with van der Waals surface area (Å²) in [5.74, 6) is 0.956. The number of fused-ring (bicyclic) bond motifs is 1. The highest BCUT2D eigenvalue weighted by Crippen LogP contribution is 2.29. The van der Waals surface area contributed by atoms with Crippen LogP contribution in [0.3, 0.4) is 0 Å². The summed E-state index contributed by atoms with van der Waals surface area (Å²) in [7, 11) is 3.88. The predicted octanol–water partition coefficient (Wildman–Crippen LogP) is 2.47. The molecule has 0 saturated carbocycles. The average Bonchev–Trinajstić information content (AvgIpc) is 2.40. The zero-order valence-corrected chi connectivity index (χ0v) is 8.92. The standard InChI is InChI=1S/C12H17NO/c1-13-8-4-3-5-10-6-7-11(14-2)9-12(10)13/h6-7,9H,3-5,8H2,1-2H3. The first-order valence-corrected chi connectivity index (χ1v) is 5.19. The Morgan fingerprint density at radius 3 is 2.93 bits per heavy atom. The fourth-order valence-electron chi connectivity index (χ4n) is 2.02. The molecular weight excluding hydrogens is 174 g/mol. The maximum atomic E-state index is 5.24.